The van der Waals surface area contributed by atoms with Gasteiger partial charge in [0.1, 0.15) is 0 Å². The lowest BCUT2D eigenvalue weighted by Crippen LogP contribution is -2.45. The monoisotopic (exact) mass is 236 g/mol. The molecule has 1 heteroatoms. The highest BCUT2D eigenvalue weighted by molar-refractivity contribution is 5.17. The zero-order valence-electron chi connectivity index (χ0n) is 12.2. The van der Waals surface area contributed by atoms with Gasteiger partial charge in [-0.2, -0.15) is 0 Å². The number of hydrogen-bond acceptors (Lipinski definition) is 1. The molecule has 0 unspecified atom stereocenters. The maximum Gasteiger partial charge on any atom is 0.0684 e. The smallest absolute Gasteiger partial charge is 0.0684 e. The molecule has 3 rings (SSSR count). The molecule has 0 aromatic heterocycles. The number of rotatable bonds is 1. The Morgan fingerprint density at radius 1 is 1.00 bits per heavy atom. The fourth-order valence-electron chi connectivity index (χ4n) is 6.10. The second-order valence-corrected chi connectivity index (χ2v) is 7.86. The quantitative estimate of drug-likeness (QED) is 0.661. The van der Waals surface area contributed by atoms with Gasteiger partial charge in [0, 0.05) is 7.11 Å². The van der Waals surface area contributed by atoms with Crippen molar-refractivity contribution < 1.29 is 4.74 Å². The molecule has 0 amide bonds. The Balaban J connectivity index is 2.04. The Bertz CT molecular complexity index is 334. The van der Waals surface area contributed by atoms with E-state index < -0.39 is 0 Å². The average molecular weight is 236 g/mol. The van der Waals surface area contributed by atoms with Crippen LogP contribution in [0, 0.1) is 28.6 Å². The lowest BCUT2D eigenvalue weighted by atomic mass is 9.64. The molecule has 0 radical (unpaired) electrons. The molecule has 3 aliphatic carbocycles. The van der Waals surface area contributed by atoms with Crippen LogP contribution in [0.4, 0.5) is 0 Å². The molecule has 0 aromatic carbocycles. The van der Waals surface area contributed by atoms with Gasteiger partial charge in [-0.3, -0.25) is 0 Å². The largest absolute Gasteiger partial charge is 0.378 e. The van der Waals surface area contributed by atoms with E-state index in [1.807, 2.05) is 7.11 Å². The summed E-state index contributed by atoms with van der Waals surface area (Å²) in [6, 6.07) is 0. The van der Waals surface area contributed by atoms with Crippen LogP contribution in [0.5, 0.6) is 0 Å². The van der Waals surface area contributed by atoms with Gasteiger partial charge in [0.15, 0.2) is 0 Å². The van der Waals surface area contributed by atoms with Crippen molar-refractivity contribution in [1.29, 1.82) is 0 Å². The number of ether oxygens (including phenoxy) is 1. The molecule has 0 aromatic rings. The molecule has 1 spiro atoms. The highest BCUT2D eigenvalue weighted by Gasteiger charge is 2.68. The normalized spacial score (nSPS) is 55.9. The molecule has 98 valence electrons. The Labute approximate surface area is 106 Å². The van der Waals surface area contributed by atoms with E-state index in [-0.39, 0.29) is 5.60 Å². The molecular formula is C16H28O. The Morgan fingerprint density at radius 3 is 2.35 bits per heavy atom. The van der Waals surface area contributed by atoms with E-state index in [0.29, 0.717) is 10.8 Å². The van der Waals surface area contributed by atoms with Gasteiger partial charge in [-0.25, -0.2) is 0 Å². The van der Waals surface area contributed by atoms with Crippen molar-refractivity contribution in [3.63, 3.8) is 0 Å². The first-order valence-electron chi connectivity index (χ1n) is 7.42. The Hall–Kier alpha value is -0.0400. The Morgan fingerprint density at radius 2 is 1.71 bits per heavy atom. The predicted octanol–water partition coefficient (Wildman–Crippen LogP) is 4.26. The third-order valence-corrected chi connectivity index (χ3v) is 7.23. The maximum absolute atomic E-state index is 5.94. The van der Waals surface area contributed by atoms with Crippen molar-refractivity contribution in [3.8, 4) is 0 Å². The number of methoxy groups -OCH3 is 1. The van der Waals surface area contributed by atoms with Crippen LogP contribution in [0.1, 0.15) is 59.8 Å². The van der Waals surface area contributed by atoms with Gasteiger partial charge in [-0.05, 0) is 67.6 Å². The summed E-state index contributed by atoms with van der Waals surface area (Å²) in [6.07, 6.45) is 7.03. The summed E-state index contributed by atoms with van der Waals surface area (Å²) in [5.41, 5.74) is 1.29. The van der Waals surface area contributed by atoms with Gasteiger partial charge in [0.25, 0.3) is 0 Å². The van der Waals surface area contributed by atoms with Crippen LogP contribution in [-0.4, -0.2) is 12.7 Å². The summed E-state index contributed by atoms with van der Waals surface area (Å²) in [5, 5.41) is 0. The topological polar surface area (TPSA) is 9.23 Å². The minimum absolute atomic E-state index is 0.138. The fraction of sp³-hybridized carbons (Fsp3) is 1.00. The Kier molecular flexibility index (Phi) is 2.32. The molecule has 0 saturated heterocycles. The van der Waals surface area contributed by atoms with Crippen molar-refractivity contribution in [2.45, 2.75) is 65.4 Å². The zero-order valence-corrected chi connectivity index (χ0v) is 12.2. The molecule has 3 saturated carbocycles. The minimum Gasteiger partial charge on any atom is -0.378 e. The van der Waals surface area contributed by atoms with E-state index in [1.54, 1.807) is 0 Å². The van der Waals surface area contributed by atoms with Gasteiger partial charge < -0.3 is 4.74 Å². The molecule has 5 atom stereocenters. The summed E-state index contributed by atoms with van der Waals surface area (Å²) in [4.78, 5) is 0. The van der Waals surface area contributed by atoms with Crippen LogP contribution in [0.15, 0.2) is 0 Å². The summed E-state index contributed by atoms with van der Waals surface area (Å²) in [6.45, 7) is 9.90. The number of hydrogen-bond donors (Lipinski definition) is 0. The van der Waals surface area contributed by atoms with Gasteiger partial charge in [0.05, 0.1) is 5.60 Å². The van der Waals surface area contributed by atoms with Crippen LogP contribution >= 0.6 is 0 Å². The summed E-state index contributed by atoms with van der Waals surface area (Å²) < 4.78 is 5.94. The second kappa shape index (κ2) is 3.29. The maximum atomic E-state index is 5.94. The highest BCUT2D eigenvalue weighted by atomic mass is 16.5. The molecule has 2 bridgehead atoms. The standard InChI is InChI=1S/C16H28O/c1-11-6-7-12-14(2,3)13-10-16(11,12)9-8-15(13,4)17-5/h11-13H,6-10H2,1-5H3/t11-,12+,13-,15+,16+/m1/s1. The predicted molar refractivity (Wildman–Crippen MR) is 70.9 cm³/mol. The molecular weight excluding hydrogens is 208 g/mol. The van der Waals surface area contributed by atoms with E-state index in [0.717, 1.165) is 17.8 Å². The van der Waals surface area contributed by atoms with Crippen LogP contribution in [-0.2, 0) is 4.74 Å². The van der Waals surface area contributed by atoms with Gasteiger partial charge in [-0.15, -0.1) is 0 Å². The SMILES string of the molecule is CO[C@@]1(C)CC[C@@]23C[C@@H]1C(C)(C)[C@@H]2CC[C@H]3C. The molecule has 1 nitrogen and oxygen atoms in total. The minimum atomic E-state index is 0.138. The van der Waals surface area contributed by atoms with Crippen LogP contribution < -0.4 is 0 Å². The lowest BCUT2D eigenvalue weighted by molar-refractivity contribution is -0.100. The molecule has 0 heterocycles. The van der Waals surface area contributed by atoms with Crippen molar-refractivity contribution in [1.82, 2.24) is 0 Å². The third-order valence-electron chi connectivity index (χ3n) is 7.23. The molecule has 0 N–H and O–H groups in total. The first-order valence-corrected chi connectivity index (χ1v) is 7.42. The van der Waals surface area contributed by atoms with E-state index in [1.165, 1.54) is 32.1 Å². The zero-order chi connectivity index (χ0) is 12.5. The van der Waals surface area contributed by atoms with Crippen LogP contribution in [0.3, 0.4) is 0 Å². The average Bonchev–Trinajstić information content (AvgIpc) is 2.70. The summed E-state index contributed by atoms with van der Waals surface area (Å²) >= 11 is 0. The lowest BCUT2D eigenvalue weighted by Gasteiger charge is -2.46. The highest BCUT2D eigenvalue weighted by Crippen LogP contribution is 2.73. The van der Waals surface area contributed by atoms with Gasteiger partial charge >= 0.3 is 0 Å². The first-order chi connectivity index (χ1) is 7.87. The van der Waals surface area contributed by atoms with Crippen molar-refractivity contribution in [2.75, 3.05) is 7.11 Å². The van der Waals surface area contributed by atoms with E-state index in [2.05, 4.69) is 27.7 Å². The van der Waals surface area contributed by atoms with Crippen molar-refractivity contribution in [3.05, 3.63) is 0 Å². The molecule has 0 aliphatic heterocycles. The summed E-state index contributed by atoms with van der Waals surface area (Å²) in [7, 11) is 1.92. The number of fused-ring (bicyclic) bond motifs is 1. The van der Waals surface area contributed by atoms with Gasteiger partial charge in [-0.1, -0.05) is 20.8 Å². The second-order valence-electron chi connectivity index (χ2n) is 7.86. The molecule has 3 fully saturated rings. The molecule has 3 aliphatic rings. The first kappa shape index (κ1) is 12.0. The summed E-state index contributed by atoms with van der Waals surface area (Å²) in [5.74, 6) is 2.66. The van der Waals surface area contributed by atoms with E-state index >= 15 is 0 Å². The van der Waals surface area contributed by atoms with E-state index in [4.69, 9.17) is 4.74 Å². The molecule has 17 heavy (non-hydrogen) atoms. The fourth-order valence-corrected chi connectivity index (χ4v) is 6.10. The van der Waals surface area contributed by atoms with Crippen molar-refractivity contribution >= 4 is 0 Å². The third kappa shape index (κ3) is 1.25. The van der Waals surface area contributed by atoms with Crippen LogP contribution in [0.25, 0.3) is 0 Å². The van der Waals surface area contributed by atoms with Crippen LogP contribution in [0.2, 0.25) is 0 Å². The van der Waals surface area contributed by atoms with Gasteiger partial charge in [0.2, 0.25) is 0 Å². The van der Waals surface area contributed by atoms with Crippen molar-refractivity contribution in [2.24, 2.45) is 28.6 Å². The van der Waals surface area contributed by atoms with E-state index in [9.17, 15) is 0 Å².